The maximum Gasteiger partial charge on any atom is 0.119 e. The maximum absolute atomic E-state index is 6.48. The summed E-state index contributed by atoms with van der Waals surface area (Å²) in [5.41, 5.74) is 3.08. The highest BCUT2D eigenvalue weighted by molar-refractivity contribution is 9.10. The van der Waals surface area contributed by atoms with Gasteiger partial charge < -0.3 is 9.47 Å². The number of halogens is 2. The van der Waals surface area contributed by atoms with Crippen LogP contribution in [0.2, 0.25) is 5.02 Å². The Bertz CT molecular complexity index is 835. The molecule has 0 spiro atoms. The molecule has 0 radical (unpaired) electrons. The minimum Gasteiger partial charge on any atom is -0.494 e. The largest absolute Gasteiger partial charge is 0.494 e. The first kappa shape index (κ1) is 19.0. The van der Waals surface area contributed by atoms with Gasteiger partial charge in [-0.2, -0.15) is 0 Å². The van der Waals surface area contributed by atoms with Crippen LogP contribution in [-0.4, -0.2) is 6.61 Å². The second-order valence-corrected chi connectivity index (χ2v) is 7.17. The first-order valence-electron chi connectivity index (χ1n) is 8.50. The predicted octanol–water partition coefficient (Wildman–Crippen LogP) is 6.81. The molecule has 0 aromatic heterocycles. The Morgan fingerprint density at radius 3 is 2.38 bits per heavy atom. The van der Waals surface area contributed by atoms with Crippen LogP contribution in [0.4, 0.5) is 0 Å². The Hall–Kier alpha value is -1.81. The molecule has 0 fully saturated rings. The van der Waals surface area contributed by atoms with Gasteiger partial charge in [0.1, 0.15) is 11.9 Å². The summed E-state index contributed by atoms with van der Waals surface area (Å²) in [6, 6.07) is 23.9. The van der Waals surface area contributed by atoms with Crippen molar-refractivity contribution in [2.45, 2.75) is 19.6 Å². The van der Waals surface area contributed by atoms with E-state index >= 15 is 0 Å². The van der Waals surface area contributed by atoms with Gasteiger partial charge in [-0.15, -0.1) is 0 Å². The van der Waals surface area contributed by atoms with Crippen LogP contribution in [0.1, 0.15) is 29.7 Å². The van der Waals surface area contributed by atoms with Gasteiger partial charge in [0.25, 0.3) is 0 Å². The number of hydrogen-bond acceptors (Lipinski definition) is 2. The van der Waals surface area contributed by atoms with Crippen molar-refractivity contribution in [1.29, 1.82) is 0 Å². The molecule has 4 heteroatoms. The van der Waals surface area contributed by atoms with Crippen LogP contribution in [0, 0.1) is 0 Å². The molecular weight excluding hydrogens is 412 g/mol. The van der Waals surface area contributed by atoms with E-state index in [4.69, 9.17) is 21.1 Å². The summed E-state index contributed by atoms with van der Waals surface area (Å²) < 4.78 is 12.8. The Morgan fingerprint density at radius 1 is 0.962 bits per heavy atom. The molecule has 3 aromatic carbocycles. The van der Waals surface area contributed by atoms with Crippen molar-refractivity contribution >= 4 is 27.5 Å². The van der Waals surface area contributed by atoms with Gasteiger partial charge in [-0.05, 0) is 48.4 Å². The van der Waals surface area contributed by atoms with Gasteiger partial charge >= 0.3 is 0 Å². The van der Waals surface area contributed by atoms with Gasteiger partial charge in [0.15, 0.2) is 0 Å². The molecule has 0 saturated heterocycles. The van der Waals surface area contributed by atoms with Crippen molar-refractivity contribution in [3.63, 3.8) is 0 Å². The number of rotatable bonds is 7. The van der Waals surface area contributed by atoms with E-state index in [-0.39, 0.29) is 6.10 Å². The van der Waals surface area contributed by atoms with Crippen molar-refractivity contribution < 1.29 is 9.47 Å². The molecule has 0 aliphatic rings. The van der Waals surface area contributed by atoms with E-state index in [0.29, 0.717) is 18.2 Å². The molecule has 0 saturated carbocycles. The standard InChI is InChI=1S/C22H20BrClO2/c1-2-25-19-11-8-17(9-12-19)22(20-14-18(23)10-13-21(20)24)26-15-16-6-4-3-5-7-16/h3-14,22H,2,15H2,1H3/t22-/m0/s1. The lowest BCUT2D eigenvalue weighted by atomic mass is 10.0. The van der Waals surface area contributed by atoms with Gasteiger partial charge in [-0.1, -0.05) is 70.0 Å². The average molecular weight is 432 g/mol. The highest BCUT2D eigenvalue weighted by Crippen LogP contribution is 2.34. The van der Waals surface area contributed by atoms with E-state index in [1.54, 1.807) is 0 Å². The summed E-state index contributed by atoms with van der Waals surface area (Å²) in [7, 11) is 0. The number of ether oxygens (including phenoxy) is 2. The smallest absolute Gasteiger partial charge is 0.119 e. The summed E-state index contributed by atoms with van der Waals surface area (Å²) in [6.07, 6.45) is -0.268. The molecule has 1 atom stereocenters. The SMILES string of the molecule is CCOc1ccc([C@H](OCc2ccccc2)c2cc(Br)ccc2Cl)cc1. The van der Waals surface area contributed by atoms with Gasteiger partial charge in [0.05, 0.1) is 13.2 Å². The molecule has 3 rings (SSSR count). The van der Waals surface area contributed by atoms with E-state index in [0.717, 1.165) is 26.9 Å². The van der Waals surface area contributed by atoms with Gasteiger partial charge in [-0.25, -0.2) is 0 Å². The molecule has 3 aromatic rings. The topological polar surface area (TPSA) is 18.5 Å². The molecule has 26 heavy (non-hydrogen) atoms. The first-order valence-corrected chi connectivity index (χ1v) is 9.67. The molecule has 0 aliphatic carbocycles. The van der Waals surface area contributed by atoms with Crippen molar-refractivity contribution in [2.75, 3.05) is 6.61 Å². The minimum atomic E-state index is -0.268. The quantitative estimate of drug-likeness (QED) is 0.409. The second kappa shape index (κ2) is 9.22. The van der Waals surface area contributed by atoms with Crippen molar-refractivity contribution in [3.05, 3.63) is 99.0 Å². The molecule has 0 aliphatic heterocycles. The number of benzene rings is 3. The monoisotopic (exact) mass is 430 g/mol. The third-order valence-corrected chi connectivity index (χ3v) is 4.83. The summed E-state index contributed by atoms with van der Waals surface area (Å²) >= 11 is 10.0. The lowest BCUT2D eigenvalue weighted by Gasteiger charge is -2.21. The summed E-state index contributed by atoms with van der Waals surface area (Å²) in [6.45, 7) is 3.12. The van der Waals surface area contributed by atoms with Crippen LogP contribution in [0.3, 0.4) is 0 Å². The van der Waals surface area contributed by atoms with E-state index in [1.807, 2.05) is 67.6 Å². The van der Waals surface area contributed by atoms with Crippen LogP contribution in [-0.2, 0) is 11.3 Å². The third-order valence-electron chi connectivity index (χ3n) is 3.99. The van der Waals surface area contributed by atoms with Crippen LogP contribution in [0.25, 0.3) is 0 Å². The third kappa shape index (κ3) is 4.88. The highest BCUT2D eigenvalue weighted by atomic mass is 79.9. The number of hydrogen-bond donors (Lipinski definition) is 0. The van der Waals surface area contributed by atoms with E-state index in [1.165, 1.54) is 0 Å². The Labute approximate surface area is 167 Å². The fraction of sp³-hybridized carbons (Fsp3) is 0.182. The van der Waals surface area contributed by atoms with Crippen LogP contribution in [0.5, 0.6) is 5.75 Å². The average Bonchev–Trinajstić information content (AvgIpc) is 2.67. The zero-order valence-electron chi connectivity index (χ0n) is 14.5. The van der Waals surface area contributed by atoms with E-state index in [2.05, 4.69) is 28.1 Å². The maximum atomic E-state index is 6.48. The lowest BCUT2D eigenvalue weighted by molar-refractivity contribution is 0.0667. The first-order chi connectivity index (χ1) is 12.7. The van der Waals surface area contributed by atoms with E-state index < -0.39 is 0 Å². The fourth-order valence-electron chi connectivity index (χ4n) is 2.74. The molecule has 0 N–H and O–H groups in total. The summed E-state index contributed by atoms with van der Waals surface area (Å²) in [5.74, 6) is 0.846. The van der Waals surface area contributed by atoms with Crippen LogP contribution < -0.4 is 4.74 Å². The molecule has 0 bridgehead atoms. The lowest BCUT2D eigenvalue weighted by Crippen LogP contribution is -2.07. The van der Waals surface area contributed by atoms with Crippen molar-refractivity contribution in [1.82, 2.24) is 0 Å². The molecule has 0 unspecified atom stereocenters. The minimum absolute atomic E-state index is 0.268. The van der Waals surface area contributed by atoms with Crippen LogP contribution >= 0.6 is 27.5 Å². The molecule has 0 amide bonds. The highest BCUT2D eigenvalue weighted by Gasteiger charge is 2.19. The fourth-order valence-corrected chi connectivity index (χ4v) is 3.34. The Morgan fingerprint density at radius 2 is 1.69 bits per heavy atom. The van der Waals surface area contributed by atoms with Gasteiger partial charge in [0, 0.05) is 15.1 Å². The van der Waals surface area contributed by atoms with Gasteiger partial charge in [-0.3, -0.25) is 0 Å². The Balaban J connectivity index is 1.91. The van der Waals surface area contributed by atoms with E-state index in [9.17, 15) is 0 Å². The Kier molecular flexibility index (Phi) is 6.73. The molecular formula is C22H20BrClO2. The van der Waals surface area contributed by atoms with Gasteiger partial charge in [0.2, 0.25) is 0 Å². The molecule has 2 nitrogen and oxygen atoms in total. The zero-order valence-corrected chi connectivity index (χ0v) is 16.8. The van der Waals surface area contributed by atoms with Crippen molar-refractivity contribution in [3.8, 4) is 5.75 Å². The normalized spacial score (nSPS) is 12.0. The molecule has 0 heterocycles. The second-order valence-electron chi connectivity index (χ2n) is 5.84. The van der Waals surface area contributed by atoms with Crippen LogP contribution in [0.15, 0.2) is 77.3 Å². The summed E-state index contributed by atoms with van der Waals surface area (Å²) in [5, 5.41) is 0.681. The predicted molar refractivity (Wildman–Crippen MR) is 110 cm³/mol. The molecule has 134 valence electrons. The summed E-state index contributed by atoms with van der Waals surface area (Å²) in [4.78, 5) is 0. The van der Waals surface area contributed by atoms with Crippen molar-refractivity contribution in [2.24, 2.45) is 0 Å². The zero-order chi connectivity index (χ0) is 18.4.